The molecule has 4 aliphatic carbocycles. The number of hydrogen-bond donors (Lipinski definition) is 0. The molecule has 7 atom stereocenters. The summed E-state index contributed by atoms with van der Waals surface area (Å²) in [6, 6.07) is 9.36. The van der Waals surface area contributed by atoms with Gasteiger partial charge in [-0.15, -0.1) is 0 Å². The van der Waals surface area contributed by atoms with E-state index in [9.17, 15) is 0 Å². The highest BCUT2D eigenvalue weighted by molar-refractivity contribution is 5.82. The second-order valence-corrected chi connectivity index (χ2v) is 13.5. The third kappa shape index (κ3) is 3.58. The Balaban J connectivity index is 1.26. The lowest BCUT2D eigenvalue weighted by Gasteiger charge is -2.58. The lowest BCUT2D eigenvalue weighted by atomic mass is 9.47. The highest BCUT2D eigenvalue weighted by atomic mass is 16.5. The predicted molar refractivity (Wildman–Crippen MR) is 141 cm³/mol. The summed E-state index contributed by atoms with van der Waals surface area (Å²) in [4.78, 5) is 4.31. The third-order valence-electron chi connectivity index (χ3n) is 10.6. The Morgan fingerprint density at radius 2 is 1.79 bits per heavy atom. The van der Waals surface area contributed by atoms with Crippen molar-refractivity contribution in [3.05, 3.63) is 53.9 Å². The average Bonchev–Trinajstić information content (AvgIpc) is 3.15. The number of hydrogen-bond acceptors (Lipinski definition) is 2. The molecular weight excluding hydrogens is 414 g/mol. The minimum absolute atomic E-state index is 0.0407. The van der Waals surface area contributed by atoms with Crippen LogP contribution in [-0.4, -0.2) is 16.7 Å². The largest absolute Gasteiger partial charge is 0.372 e. The molecular formula is C32H43NO. The molecule has 0 amide bonds. The Morgan fingerprint density at radius 3 is 2.62 bits per heavy atom. The molecule has 4 aliphatic rings. The van der Waals surface area contributed by atoms with E-state index in [-0.39, 0.29) is 5.60 Å². The van der Waals surface area contributed by atoms with Gasteiger partial charge in [0.05, 0.1) is 11.7 Å². The quantitative estimate of drug-likeness (QED) is 0.422. The van der Waals surface area contributed by atoms with Gasteiger partial charge in [-0.3, -0.25) is 4.98 Å². The van der Waals surface area contributed by atoms with E-state index in [1.54, 1.807) is 11.1 Å². The highest BCUT2D eigenvalue weighted by Crippen LogP contribution is 2.68. The van der Waals surface area contributed by atoms with Crippen molar-refractivity contribution in [2.75, 3.05) is 0 Å². The molecule has 3 saturated carbocycles. The summed E-state index contributed by atoms with van der Waals surface area (Å²) in [5.74, 6) is 3.29. The van der Waals surface area contributed by atoms with Crippen LogP contribution in [0.2, 0.25) is 0 Å². The second-order valence-electron chi connectivity index (χ2n) is 13.5. The van der Waals surface area contributed by atoms with Crippen molar-refractivity contribution in [1.82, 2.24) is 4.98 Å². The Morgan fingerprint density at radius 1 is 0.941 bits per heavy atom. The van der Waals surface area contributed by atoms with E-state index in [2.05, 4.69) is 69.9 Å². The molecule has 1 heterocycles. The molecule has 2 aromatic rings. The van der Waals surface area contributed by atoms with Crippen LogP contribution in [0, 0.1) is 28.6 Å². The van der Waals surface area contributed by atoms with Crippen LogP contribution in [0.3, 0.4) is 0 Å². The van der Waals surface area contributed by atoms with E-state index < -0.39 is 0 Å². The van der Waals surface area contributed by atoms with E-state index in [0.29, 0.717) is 22.9 Å². The molecule has 3 fully saturated rings. The molecule has 6 rings (SSSR count). The zero-order valence-corrected chi connectivity index (χ0v) is 21.9. The maximum atomic E-state index is 6.44. The van der Waals surface area contributed by atoms with Crippen molar-refractivity contribution in [2.24, 2.45) is 28.6 Å². The Kier molecular flexibility index (Phi) is 5.30. The normalized spacial score (nSPS) is 39.8. The molecule has 0 aliphatic heterocycles. The van der Waals surface area contributed by atoms with E-state index in [0.717, 1.165) is 24.2 Å². The molecule has 182 valence electrons. The van der Waals surface area contributed by atoms with E-state index in [1.807, 2.05) is 12.4 Å². The number of fused-ring (bicyclic) bond motifs is 6. The van der Waals surface area contributed by atoms with Crippen LogP contribution in [-0.2, 0) is 4.74 Å². The summed E-state index contributed by atoms with van der Waals surface area (Å²) >= 11 is 0. The summed E-state index contributed by atoms with van der Waals surface area (Å²) in [6.45, 7) is 11.9. The van der Waals surface area contributed by atoms with Crippen molar-refractivity contribution < 1.29 is 4.74 Å². The standard InChI is InChI=1S/C32H43NO/c1-30(2,3)34-25-12-15-31(4)24(19-25)8-9-26-28-11-10-27(32(28,5)16-13-29(26)31)22-6-7-23-20-33-17-14-21(23)18-22/h6-8,14,17-18,20,25-29H,9-13,15-16,19H2,1-5H3/t25-,26+,27-,28+,29+,31+,32-/m1/s1. The molecule has 2 heteroatoms. The first kappa shape index (κ1) is 22.8. The molecule has 0 unspecified atom stereocenters. The summed E-state index contributed by atoms with van der Waals surface area (Å²) in [5.41, 5.74) is 4.10. The van der Waals surface area contributed by atoms with Crippen LogP contribution in [0.4, 0.5) is 0 Å². The first-order valence-electron chi connectivity index (χ1n) is 13.9. The molecule has 0 N–H and O–H groups in total. The Bertz CT molecular complexity index is 1110. The summed E-state index contributed by atoms with van der Waals surface area (Å²) in [6.07, 6.45) is 17.6. The van der Waals surface area contributed by atoms with Gasteiger partial charge in [-0.25, -0.2) is 0 Å². The monoisotopic (exact) mass is 457 g/mol. The Hall–Kier alpha value is -1.67. The van der Waals surface area contributed by atoms with Crippen molar-refractivity contribution >= 4 is 10.8 Å². The van der Waals surface area contributed by atoms with Gasteiger partial charge >= 0.3 is 0 Å². The number of benzene rings is 1. The van der Waals surface area contributed by atoms with Crippen molar-refractivity contribution in [3.8, 4) is 0 Å². The molecule has 1 aromatic carbocycles. The van der Waals surface area contributed by atoms with Gasteiger partial charge in [0.2, 0.25) is 0 Å². The minimum Gasteiger partial charge on any atom is -0.372 e. The SMILES string of the molecule is CC(C)(C)O[C@@H]1CC[C@@]2(C)C(=CC[C@H]3[C@@H]4CC[C@H](c5ccc6cnccc6c5)[C@@]4(C)CC[C@@H]32)C1. The van der Waals surface area contributed by atoms with E-state index >= 15 is 0 Å². The van der Waals surface area contributed by atoms with E-state index in [4.69, 9.17) is 4.74 Å². The summed E-state index contributed by atoms with van der Waals surface area (Å²) in [7, 11) is 0. The maximum absolute atomic E-state index is 6.44. The van der Waals surface area contributed by atoms with E-state index in [1.165, 1.54) is 55.7 Å². The number of allylic oxidation sites excluding steroid dienone is 1. The molecule has 0 spiro atoms. The van der Waals surface area contributed by atoms with Crippen LogP contribution < -0.4 is 0 Å². The van der Waals surface area contributed by atoms with Crippen LogP contribution in [0.1, 0.15) is 97.5 Å². The smallest absolute Gasteiger partial charge is 0.0619 e. The summed E-state index contributed by atoms with van der Waals surface area (Å²) in [5, 5.41) is 2.61. The molecule has 34 heavy (non-hydrogen) atoms. The van der Waals surface area contributed by atoms with Crippen LogP contribution in [0.25, 0.3) is 10.8 Å². The zero-order valence-electron chi connectivity index (χ0n) is 21.9. The van der Waals surface area contributed by atoms with Gasteiger partial charge in [0.15, 0.2) is 0 Å². The molecule has 0 radical (unpaired) electrons. The highest BCUT2D eigenvalue weighted by Gasteiger charge is 2.58. The number of rotatable bonds is 2. The van der Waals surface area contributed by atoms with Gasteiger partial charge in [-0.05, 0) is 124 Å². The topological polar surface area (TPSA) is 22.1 Å². The van der Waals surface area contributed by atoms with Gasteiger partial charge in [0.1, 0.15) is 0 Å². The fourth-order valence-electron chi connectivity index (χ4n) is 9.09. The van der Waals surface area contributed by atoms with Gasteiger partial charge in [-0.2, -0.15) is 0 Å². The maximum Gasteiger partial charge on any atom is 0.0619 e. The van der Waals surface area contributed by atoms with Crippen molar-refractivity contribution in [3.63, 3.8) is 0 Å². The molecule has 2 nitrogen and oxygen atoms in total. The van der Waals surface area contributed by atoms with Gasteiger partial charge in [-0.1, -0.05) is 43.7 Å². The van der Waals surface area contributed by atoms with Crippen molar-refractivity contribution in [1.29, 1.82) is 0 Å². The third-order valence-corrected chi connectivity index (χ3v) is 10.6. The number of aromatic nitrogens is 1. The predicted octanol–water partition coefficient (Wildman–Crippen LogP) is 8.46. The lowest BCUT2D eigenvalue weighted by molar-refractivity contribution is -0.0922. The molecule has 1 aromatic heterocycles. The fourth-order valence-corrected chi connectivity index (χ4v) is 9.09. The zero-order chi connectivity index (χ0) is 23.7. The number of pyridine rings is 1. The van der Waals surface area contributed by atoms with Gasteiger partial charge in [0.25, 0.3) is 0 Å². The fraction of sp³-hybridized carbons (Fsp3) is 0.656. The minimum atomic E-state index is -0.0407. The van der Waals surface area contributed by atoms with Crippen LogP contribution in [0.5, 0.6) is 0 Å². The average molecular weight is 458 g/mol. The van der Waals surface area contributed by atoms with Gasteiger partial charge in [0, 0.05) is 17.8 Å². The first-order valence-corrected chi connectivity index (χ1v) is 13.9. The lowest BCUT2D eigenvalue weighted by Crippen LogP contribution is -2.50. The Labute approximate surface area is 206 Å². The van der Waals surface area contributed by atoms with Crippen LogP contribution in [0.15, 0.2) is 48.3 Å². The van der Waals surface area contributed by atoms with Crippen molar-refractivity contribution in [2.45, 2.75) is 104 Å². The van der Waals surface area contributed by atoms with Gasteiger partial charge < -0.3 is 4.74 Å². The first-order chi connectivity index (χ1) is 16.2. The second kappa shape index (κ2) is 7.92. The number of ether oxygens (including phenoxy) is 1. The molecule has 0 saturated heterocycles. The summed E-state index contributed by atoms with van der Waals surface area (Å²) < 4.78 is 6.44. The molecule has 0 bridgehead atoms. The number of nitrogens with zero attached hydrogens (tertiary/aromatic N) is 1. The van der Waals surface area contributed by atoms with Crippen LogP contribution >= 0.6 is 0 Å².